The number of aryl methyl sites for hydroxylation is 3. The van der Waals surface area contributed by atoms with Gasteiger partial charge >= 0.3 is 5.97 Å². The Morgan fingerprint density at radius 3 is 2.80 bits per heavy atom. The fraction of sp³-hybridized carbons (Fsp3) is 0.385. The van der Waals surface area contributed by atoms with Gasteiger partial charge in [-0.1, -0.05) is 18.5 Å². The molecule has 0 radical (unpaired) electrons. The Hall–Kier alpha value is -1.53. The predicted molar refractivity (Wildman–Crippen MR) is 77.9 cm³/mol. The van der Waals surface area contributed by atoms with Crippen LogP contribution in [0.3, 0.4) is 0 Å². The Balaban J connectivity index is 2.22. The number of carbonyl (C=O) groups is 1. The summed E-state index contributed by atoms with van der Waals surface area (Å²) in [6.45, 7) is 4.02. The van der Waals surface area contributed by atoms with Gasteiger partial charge in [0.2, 0.25) is 0 Å². The average Bonchev–Trinajstić information content (AvgIpc) is 2.91. The number of halogens is 1. The van der Waals surface area contributed by atoms with Gasteiger partial charge in [0.15, 0.2) is 4.88 Å². The summed E-state index contributed by atoms with van der Waals surface area (Å²) in [6, 6.07) is 1.77. The minimum atomic E-state index is -0.973. The van der Waals surface area contributed by atoms with E-state index in [4.69, 9.17) is 16.3 Å². The molecule has 0 aliphatic heterocycles. The van der Waals surface area contributed by atoms with E-state index in [0.717, 1.165) is 22.6 Å². The molecule has 0 unspecified atom stereocenters. The molecular weight excluding hydrogens is 300 g/mol. The second kappa shape index (κ2) is 5.85. The van der Waals surface area contributed by atoms with Crippen molar-refractivity contribution < 1.29 is 14.6 Å². The Bertz CT molecular complexity index is 648. The van der Waals surface area contributed by atoms with Crippen molar-refractivity contribution in [3.8, 4) is 5.75 Å². The third-order valence-electron chi connectivity index (χ3n) is 2.93. The van der Waals surface area contributed by atoms with Crippen LogP contribution in [0.25, 0.3) is 0 Å². The molecular formula is C13H15ClN2O3S. The molecule has 2 aromatic rings. The van der Waals surface area contributed by atoms with Crippen LogP contribution >= 0.6 is 22.9 Å². The SMILES string of the molecule is CCc1cc(OCc2c(C)nn(C)c2Cl)c(C(=O)O)s1. The quantitative estimate of drug-likeness (QED) is 0.919. The minimum Gasteiger partial charge on any atom is -0.487 e. The van der Waals surface area contributed by atoms with Crippen LogP contribution < -0.4 is 4.74 Å². The van der Waals surface area contributed by atoms with Gasteiger partial charge in [-0.15, -0.1) is 11.3 Å². The van der Waals surface area contributed by atoms with Gasteiger partial charge in [-0.3, -0.25) is 4.68 Å². The van der Waals surface area contributed by atoms with Crippen molar-refractivity contribution in [2.45, 2.75) is 26.9 Å². The summed E-state index contributed by atoms with van der Waals surface area (Å²) in [7, 11) is 1.75. The van der Waals surface area contributed by atoms with Crippen molar-refractivity contribution in [3.05, 3.63) is 32.2 Å². The molecule has 1 N–H and O–H groups in total. The molecule has 0 spiro atoms. The van der Waals surface area contributed by atoms with Crippen LogP contribution in [-0.2, 0) is 20.1 Å². The van der Waals surface area contributed by atoms with E-state index in [1.165, 1.54) is 11.3 Å². The lowest BCUT2D eigenvalue weighted by Crippen LogP contribution is -2.01. The summed E-state index contributed by atoms with van der Waals surface area (Å²) >= 11 is 7.36. The highest BCUT2D eigenvalue weighted by molar-refractivity contribution is 7.14. The lowest BCUT2D eigenvalue weighted by molar-refractivity contribution is 0.0697. The lowest BCUT2D eigenvalue weighted by atomic mass is 10.3. The van der Waals surface area contributed by atoms with E-state index >= 15 is 0 Å². The van der Waals surface area contributed by atoms with Gasteiger partial charge in [0.25, 0.3) is 0 Å². The Labute approximate surface area is 125 Å². The molecule has 0 aromatic carbocycles. The third kappa shape index (κ3) is 2.81. The van der Waals surface area contributed by atoms with Gasteiger partial charge < -0.3 is 9.84 Å². The maximum absolute atomic E-state index is 11.2. The molecule has 0 atom stereocenters. The Kier molecular flexibility index (Phi) is 4.35. The van der Waals surface area contributed by atoms with E-state index in [-0.39, 0.29) is 11.5 Å². The number of rotatable bonds is 5. The van der Waals surface area contributed by atoms with Crippen molar-refractivity contribution in [2.75, 3.05) is 0 Å². The Morgan fingerprint density at radius 2 is 2.30 bits per heavy atom. The second-order valence-electron chi connectivity index (χ2n) is 4.33. The number of hydrogen-bond acceptors (Lipinski definition) is 4. The molecule has 20 heavy (non-hydrogen) atoms. The van der Waals surface area contributed by atoms with Crippen molar-refractivity contribution in [1.82, 2.24) is 9.78 Å². The zero-order valence-corrected chi connectivity index (χ0v) is 13.0. The van der Waals surface area contributed by atoms with Gasteiger partial charge in [0, 0.05) is 17.5 Å². The summed E-state index contributed by atoms with van der Waals surface area (Å²) in [6.07, 6.45) is 0.779. The number of aromatic carboxylic acids is 1. The van der Waals surface area contributed by atoms with Crippen LogP contribution in [0, 0.1) is 6.92 Å². The first-order valence-electron chi connectivity index (χ1n) is 6.10. The zero-order valence-electron chi connectivity index (χ0n) is 11.4. The second-order valence-corrected chi connectivity index (χ2v) is 5.83. The fourth-order valence-corrected chi connectivity index (χ4v) is 2.95. The van der Waals surface area contributed by atoms with Crippen LogP contribution in [0.15, 0.2) is 6.07 Å². The first-order chi connectivity index (χ1) is 9.43. The number of carboxylic acid groups (broad SMARTS) is 1. The van der Waals surface area contributed by atoms with Crippen molar-refractivity contribution >= 4 is 28.9 Å². The maximum atomic E-state index is 11.2. The monoisotopic (exact) mass is 314 g/mol. The first kappa shape index (κ1) is 14.9. The van der Waals surface area contributed by atoms with E-state index in [2.05, 4.69) is 5.10 Å². The largest absolute Gasteiger partial charge is 0.487 e. The van der Waals surface area contributed by atoms with Crippen LogP contribution in [-0.4, -0.2) is 20.9 Å². The smallest absolute Gasteiger partial charge is 0.349 e. The molecule has 7 heteroatoms. The minimum absolute atomic E-state index is 0.207. The van der Waals surface area contributed by atoms with Crippen LogP contribution in [0.5, 0.6) is 5.75 Å². The molecule has 2 heterocycles. The highest BCUT2D eigenvalue weighted by Gasteiger charge is 2.18. The molecule has 0 bridgehead atoms. The average molecular weight is 315 g/mol. The summed E-state index contributed by atoms with van der Waals surface area (Å²) < 4.78 is 7.20. The topological polar surface area (TPSA) is 64.4 Å². The normalized spacial score (nSPS) is 10.8. The summed E-state index contributed by atoms with van der Waals surface area (Å²) in [5.41, 5.74) is 1.55. The van der Waals surface area contributed by atoms with Gasteiger partial charge in [0.05, 0.1) is 5.69 Å². The Morgan fingerprint density at radius 1 is 1.60 bits per heavy atom. The standard InChI is InChI=1S/C13H15ClN2O3S/c1-4-8-5-10(11(20-8)13(17)18)19-6-9-7(2)15-16(3)12(9)14/h5H,4,6H2,1-3H3,(H,17,18). The number of aromatic nitrogens is 2. The maximum Gasteiger partial charge on any atom is 0.349 e. The molecule has 0 amide bonds. The van der Waals surface area contributed by atoms with Crippen LogP contribution in [0.1, 0.15) is 32.7 Å². The first-order valence-corrected chi connectivity index (χ1v) is 7.30. The fourth-order valence-electron chi connectivity index (χ4n) is 1.84. The number of hydrogen-bond donors (Lipinski definition) is 1. The van der Waals surface area contributed by atoms with Crippen LogP contribution in [0.2, 0.25) is 5.15 Å². The summed E-state index contributed by atoms with van der Waals surface area (Å²) in [5, 5.41) is 13.9. The lowest BCUT2D eigenvalue weighted by Gasteiger charge is -2.05. The third-order valence-corrected chi connectivity index (χ3v) is 4.66. The number of nitrogens with zero attached hydrogens (tertiary/aromatic N) is 2. The number of thiophene rings is 1. The number of carboxylic acids is 1. The molecule has 0 saturated carbocycles. The molecule has 0 aliphatic rings. The molecule has 2 rings (SSSR count). The van der Waals surface area contributed by atoms with E-state index in [9.17, 15) is 9.90 Å². The molecule has 0 saturated heterocycles. The van der Waals surface area contributed by atoms with Gasteiger partial charge in [-0.05, 0) is 19.4 Å². The van der Waals surface area contributed by atoms with Crippen molar-refractivity contribution in [3.63, 3.8) is 0 Å². The molecule has 2 aromatic heterocycles. The number of ether oxygens (including phenoxy) is 1. The van der Waals surface area contributed by atoms with E-state index in [1.54, 1.807) is 17.8 Å². The van der Waals surface area contributed by atoms with E-state index in [1.807, 2.05) is 13.8 Å². The van der Waals surface area contributed by atoms with Gasteiger partial charge in [-0.2, -0.15) is 5.10 Å². The van der Waals surface area contributed by atoms with Crippen molar-refractivity contribution in [1.29, 1.82) is 0 Å². The van der Waals surface area contributed by atoms with Gasteiger partial charge in [-0.25, -0.2) is 4.79 Å². The van der Waals surface area contributed by atoms with Crippen molar-refractivity contribution in [2.24, 2.45) is 7.05 Å². The van der Waals surface area contributed by atoms with E-state index < -0.39 is 5.97 Å². The molecule has 5 nitrogen and oxygen atoms in total. The highest BCUT2D eigenvalue weighted by atomic mass is 35.5. The van der Waals surface area contributed by atoms with Gasteiger partial charge in [0.1, 0.15) is 17.5 Å². The zero-order chi connectivity index (χ0) is 14.9. The molecule has 0 aliphatic carbocycles. The summed E-state index contributed by atoms with van der Waals surface area (Å²) in [4.78, 5) is 12.4. The molecule has 0 fully saturated rings. The van der Waals surface area contributed by atoms with Crippen LogP contribution in [0.4, 0.5) is 0 Å². The summed E-state index contributed by atoms with van der Waals surface area (Å²) in [5.74, 6) is -0.586. The van der Waals surface area contributed by atoms with E-state index in [0.29, 0.717) is 10.9 Å². The highest BCUT2D eigenvalue weighted by Crippen LogP contribution is 2.31. The predicted octanol–water partition coefficient (Wildman–Crippen LogP) is 3.28. The molecule has 108 valence electrons.